The van der Waals surface area contributed by atoms with Crippen molar-refractivity contribution in [1.82, 2.24) is 19.7 Å². The molecule has 0 aliphatic rings. The second-order valence-electron chi connectivity index (χ2n) is 7.17. The maximum Gasteiger partial charge on any atom is 0.437 e. The van der Waals surface area contributed by atoms with Crippen LogP contribution in [0.5, 0.6) is 11.5 Å². The highest BCUT2D eigenvalue weighted by atomic mass is 19.4. The first kappa shape index (κ1) is 23.4. The third kappa shape index (κ3) is 4.93. The number of aromatic amines is 1. The van der Waals surface area contributed by atoms with Crippen molar-refractivity contribution in [3.05, 3.63) is 104 Å². The number of hydrogen-bond acceptors (Lipinski definition) is 6. The van der Waals surface area contributed by atoms with Gasteiger partial charge in [-0.2, -0.15) is 23.5 Å². The van der Waals surface area contributed by atoms with Crippen molar-refractivity contribution >= 4 is 0 Å². The average Bonchev–Trinajstić information content (AvgIpc) is 2.83. The maximum absolute atomic E-state index is 13.6. The molecular weight excluding hydrogens is 470 g/mol. The number of aromatic nitrogens is 4. The lowest BCUT2D eigenvalue weighted by atomic mass is 10.1. The summed E-state index contributed by atoms with van der Waals surface area (Å²) in [6, 6.07) is 13.6. The van der Waals surface area contributed by atoms with Crippen LogP contribution in [0.4, 0.5) is 17.6 Å². The standard InChI is InChI=1S/C23H13F4N5O3/c24-15-7-5-13(6-8-15)17-9-16(30-31-21(17)33)11-32-12-29-20(23(25,26)27)19(22(32)34)35-18-4-2-1-3-14(18)10-28/h1-9,12H,11H2,(H,31,33). The summed E-state index contributed by atoms with van der Waals surface area (Å²) in [7, 11) is 0. The molecule has 0 unspecified atom stereocenters. The van der Waals surface area contributed by atoms with Gasteiger partial charge in [-0.15, -0.1) is 0 Å². The lowest BCUT2D eigenvalue weighted by Gasteiger charge is -2.15. The molecule has 2 aromatic carbocycles. The van der Waals surface area contributed by atoms with Crippen LogP contribution in [0.15, 0.2) is 70.5 Å². The normalized spacial score (nSPS) is 11.2. The summed E-state index contributed by atoms with van der Waals surface area (Å²) in [5, 5.41) is 15.3. The first-order valence-electron chi connectivity index (χ1n) is 9.85. The number of hydrogen-bond donors (Lipinski definition) is 1. The van der Waals surface area contributed by atoms with Crippen LogP contribution in [0.1, 0.15) is 17.0 Å². The van der Waals surface area contributed by atoms with E-state index in [1.165, 1.54) is 42.5 Å². The Morgan fingerprint density at radius 2 is 1.80 bits per heavy atom. The molecule has 0 bridgehead atoms. The largest absolute Gasteiger partial charge is 0.448 e. The molecule has 8 nitrogen and oxygen atoms in total. The summed E-state index contributed by atoms with van der Waals surface area (Å²) in [6.07, 6.45) is -4.33. The van der Waals surface area contributed by atoms with Gasteiger partial charge in [-0.25, -0.2) is 14.5 Å². The number of nitrogens with one attached hydrogen (secondary N) is 1. The van der Waals surface area contributed by atoms with E-state index in [0.717, 1.165) is 16.7 Å². The Morgan fingerprint density at radius 3 is 2.49 bits per heavy atom. The summed E-state index contributed by atoms with van der Waals surface area (Å²) < 4.78 is 59.9. The molecule has 176 valence electrons. The highest BCUT2D eigenvalue weighted by molar-refractivity contribution is 5.62. The number of rotatable bonds is 5. The lowest BCUT2D eigenvalue weighted by Crippen LogP contribution is -2.27. The van der Waals surface area contributed by atoms with E-state index in [2.05, 4.69) is 15.2 Å². The molecule has 0 amide bonds. The molecule has 0 spiro atoms. The molecule has 2 aromatic heterocycles. The fraction of sp³-hybridized carbons (Fsp3) is 0.0870. The van der Waals surface area contributed by atoms with Crippen molar-refractivity contribution in [2.45, 2.75) is 12.7 Å². The number of para-hydroxylation sites is 1. The van der Waals surface area contributed by atoms with E-state index in [1.54, 1.807) is 6.07 Å². The van der Waals surface area contributed by atoms with Crippen molar-refractivity contribution in [3.8, 4) is 28.7 Å². The summed E-state index contributed by atoms with van der Waals surface area (Å²) in [5.74, 6) is -1.88. The molecule has 4 rings (SSSR count). The molecule has 2 heterocycles. The van der Waals surface area contributed by atoms with Crippen LogP contribution in [0.2, 0.25) is 0 Å². The number of H-pyrrole nitrogens is 1. The number of alkyl halides is 3. The molecule has 0 saturated heterocycles. The summed E-state index contributed by atoms with van der Waals surface area (Å²) in [4.78, 5) is 28.5. The van der Waals surface area contributed by atoms with Gasteiger partial charge in [-0.1, -0.05) is 24.3 Å². The summed E-state index contributed by atoms with van der Waals surface area (Å²) in [6.45, 7) is -0.370. The van der Waals surface area contributed by atoms with Gasteiger partial charge in [-0.05, 0) is 35.9 Å². The SMILES string of the molecule is N#Cc1ccccc1Oc1c(C(F)(F)F)ncn(Cc2cc(-c3ccc(F)cc3)c(=O)[nH]n2)c1=O. The van der Waals surface area contributed by atoms with Crippen molar-refractivity contribution in [2.24, 2.45) is 0 Å². The monoisotopic (exact) mass is 483 g/mol. The Labute approximate surface area is 193 Å². The van der Waals surface area contributed by atoms with Gasteiger partial charge in [0.1, 0.15) is 17.6 Å². The van der Waals surface area contributed by atoms with Crippen LogP contribution < -0.4 is 15.9 Å². The van der Waals surface area contributed by atoms with E-state index in [9.17, 15) is 32.4 Å². The molecule has 0 aliphatic carbocycles. The van der Waals surface area contributed by atoms with E-state index in [0.29, 0.717) is 11.9 Å². The van der Waals surface area contributed by atoms with Crippen LogP contribution in [0, 0.1) is 17.1 Å². The highest BCUT2D eigenvalue weighted by Crippen LogP contribution is 2.35. The minimum absolute atomic E-state index is 0.0818. The second-order valence-corrected chi connectivity index (χ2v) is 7.17. The molecule has 0 aliphatic heterocycles. The second kappa shape index (κ2) is 9.22. The van der Waals surface area contributed by atoms with E-state index >= 15 is 0 Å². The van der Waals surface area contributed by atoms with Gasteiger partial charge in [0.25, 0.3) is 11.1 Å². The molecular formula is C23H13F4N5O3. The zero-order chi connectivity index (χ0) is 25.2. The van der Waals surface area contributed by atoms with E-state index in [-0.39, 0.29) is 29.1 Å². The number of ether oxygens (including phenoxy) is 1. The Balaban J connectivity index is 1.77. The van der Waals surface area contributed by atoms with Gasteiger partial charge < -0.3 is 4.74 Å². The van der Waals surface area contributed by atoms with Gasteiger partial charge in [0.05, 0.1) is 29.7 Å². The molecule has 0 fully saturated rings. The van der Waals surface area contributed by atoms with Gasteiger partial charge in [0.15, 0.2) is 5.69 Å². The predicted octanol–water partition coefficient (Wildman–Crippen LogP) is 3.86. The molecule has 0 atom stereocenters. The average molecular weight is 483 g/mol. The maximum atomic E-state index is 13.6. The van der Waals surface area contributed by atoms with Crippen molar-refractivity contribution in [1.29, 1.82) is 5.26 Å². The quantitative estimate of drug-likeness (QED) is 0.431. The Morgan fingerprint density at radius 1 is 1.09 bits per heavy atom. The van der Waals surface area contributed by atoms with Gasteiger partial charge >= 0.3 is 6.18 Å². The molecule has 0 radical (unpaired) electrons. The molecule has 4 aromatic rings. The summed E-state index contributed by atoms with van der Waals surface area (Å²) >= 11 is 0. The van der Waals surface area contributed by atoms with E-state index in [1.807, 2.05) is 0 Å². The minimum atomic E-state index is -5.01. The van der Waals surface area contributed by atoms with Gasteiger partial charge in [-0.3, -0.25) is 14.2 Å². The topological polar surface area (TPSA) is 114 Å². The zero-order valence-corrected chi connectivity index (χ0v) is 17.5. The van der Waals surface area contributed by atoms with Crippen molar-refractivity contribution in [2.75, 3.05) is 0 Å². The number of nitriles is 1. The fourth-order valence-corrected chi connectivity index (χ4v) is 3.18. The number of nitrogens with zero attached hydrogens (tertiary/aromatic N) is 4. The smallest absolute Gasteiger partial charge is 0.437 e. The van der Waals surface area contributed by atoms with Crippen LogP contribution in [0.3, 0.4) is 0 Å². The van der Waals surface area contributed by atoms with Crippen LogP contribution in [-0.4, -0.2) is 19.7 Å². The first-order chi connectivity index (χ1) is 16.7. The molecule has 35 heavy (non-hydrogen) atoms. The fourth-order valence-electron chi connectivity index (χ4n) is 3.18. The van der Waals surface area contributed by atoms with Crippen molar-refractivity contribution in [3.63, 3.8) is 0 Å². The van der Waals surface area contributed by atoms with E-state index < -0.39 is 34.6 Å². The number of benzene rings is 2. The summed E-state index contributed by atoms with van der Waals surface area (Å²) in [5.41, 5.74) is -2.83. The van der Waals surface area contributed by atoms with Crippen LogP contribution >= 0.6 is 0 Å². The Kier molecular flexibility index (Phi) is 6.16. The highest BCUT2D eigenvalue weighted by Gasteiger charge is 2.39. The van der Waals surface area contributed by atoms with Gasteiger partial charge in [0.2, 0.25) is 5.75 Å². The minimum Gasteiger partial charge on any atom is -0.448 e. The lowest BCUT2D eigenvalue weighted by molar-refractivity contribution is -0.142. The first-order valence-corrected chi connectivity index (χ1v) is 9.85. The zero-order valence-electron chi connectivity index (χ0n) is 17.5. The van der Waals surface area contributed by atoms with E-state index in [4.69, 9.17) is 4.74 Å². The third-order valence-electron chi connectivity index (χ3n) is 4.83. The Hall–Kier alpha value is -4.79. The van der Waals surface area contributed by atoms with Crippen LogP contribution in [-0.2, 0) is 12.7 Å². The molecule has 1 N–H and O–H groups in total. The molecule has 12 heteroatoms. The third-order valence-corrected chi connectivity index (χ3v) is 4.83. The van der Waals surface area contributed by atoms with Gasteiger partial charge in [0, 0.05) is 0 Å². The van der Waals surface area contributed by atoms with Crippen LogP contribution in [0.25, 0.3) is 11.1 Å². The molecule has 0 saturated carbocycles. The predicted molar refractivity (Wildman–Crippen MR) is 114 cm³/mol. The number of halogens is 4. The van der Waals surface area contributed by atoms with Crippen molar-refractivity contribution < 1.29 is 22.3 Å². The Bertz CT molecular complexity index is 1550.